The molecular formula is C17H18ClF3N4O2. The molecule has 2 aromatic carbocycles. The maximum Gasteiger partial charge on any atom is 0.416 e. The summed E-state index contributed by atoms with van der Waals surface area (Å²) in [7, 11) is 1.22. The smallest absolute Gasteiger partial charge is 0.416 e. The van der Waals surface area contributed by atoms with Crippen molar-refractivity contribution in [3.63, 3.8) is 0 Å². The molecule has 0 spiro atoms. The number of amides is 2. The Labute approximate surface area is 159 Å². The zero-order valence-corrected chi connectivity index (χ0v) is 15.3. The number of rotatable bonds is 4. The molecule has 0 radical (unpaired) electrons. The summed E-state index contributed by atoms with van der Waals surface area (Å²) in [5.41, 5.74) is -0.616. The van der Waals surface area contributed by atoms with Crippen molar-refractivity contribution in [1.82, 2.24) is 5.01 Å². The van der Waals surface area contributed by atoms with Gasteiger partial charge in [0.1, 0.15) is 12.4 Å². The average molecular weight is 403 g/mol. The van der Waals surface area contributed by atoms with Crippen molar-refractivity contribution in [2.75, 3.05) is 12.1 Å². The quantitative estimate of drug-likeness (QED) is 0.462. The minimum atomic E-state index is -4.68. The molecule has 10 heteroatoms. The zero-order chi connectivity index (χ0) is 20.4. The largest absolute Gasteiger partial charge is 0.487 e. The molecule has 0 bridgehead atoms. The highest BCUT2D eigenvalue weighted by molar-refractivity contribution is 6.32. The van der Waals surface area contributed by atoms with Crippen molar-refractivity contribution >= 4 is 23.3 Å². The Balaban J connectivity index is 2.46. The van der Waals surface area contributed by atoms with E-state index >= 15 is 0 Å². The molecule has 6 nitrogen and oxygen atoms in total. The molecule has 0 atom stereocenters. The first-order valence-electron chi connectivity index (χ1n) is 7.67. The van der Waals surface area contributed by atoms with E-state index < -0.39 is 24.4 Å². The molecule has 0 aromatic heterocycles. The fraction of sp³-hybridized carbons (Fsp3) is 0.235. The van der Waals surface area contributed by atoms with Crippen LogP contribution >= 0.6 is 11.6 Å². The molecule has 0 aliphatic rings. The molecular weight excluding hydrogens is 385 g/mol. The van der Waals surface area contributed by atoms with Crippen molar-refractivity contribution in [1.29, 1.82) is 0 Å². The molecule has 2 amide bonds. The number of ether oxygens (including phenoxy) is 1. The Morgan fingerprint density at radius 1 is 1.22 bits per heavy atom. The molecule has 146 valence electrons. The van der Waals surface area contributed by atoms with Gasteiger partial charge in [0.15, 0.2) is 0 Å². The Kier molecular flexibility index (Phi) is 6.19. The van der Waals surface area contributed by atoms with E-state index in [9.17, 15) is 18.0 Å². The van der Waals surface area contributed by atoms with Crippen LogP contribution in [-0.2, 0) is 12.8 Å². The van der Waals surface area contributed by atoms with Crippen molar-refractivity contribution in [2.45, 2.75) is 19.7 Å². The summed E-state index contributed by atoms with van der Waals surface area (Å²) < 4.78 is 45.8. The first-order valence-corrected chi connectivity index (χ1v) is 8.05. The number of hydrogen-bond acceptors (Lipinski definition) is 4. The van der Waals surface area contributed by atoms with Crippen LogP contribution in [0.4, 0.5) is 23.7 Å². The molecule has 0 saturated heterocycles. The lowest BCUT2D eigenvalue weighted by atomic mass is 10.0. The molecule has 4 N–H and O–H groups in total. The van der Waals surface area contributed by atoms with Gasteiger partial charge >= 0.3 is 12.2 Å². The number of alkyl halides is 3. The van der Waals surface area contributed by atoms with Crippen LogP contribution in [0, 0.1) is 6.92 Å². The summed E-state index contributed by atoms with van der Waals surface area (Å²) in [6.07, 6.45) is -4.68. The second-order valence-corrected chi connectivity index (χ2v) is 6.19. The summed E-state index contributed by atoms with van der Waals surface area (Å²) in [5, 5.41) is 1.44. The molecule has 0 saturated carbocycles. The summed E-state index contributed by atoms with van der Waals surface area (Å²) in [5.74, 6) is 11.2. The SMILES string of the molecule is Cc1ccc(OCc2c(N(N)C(=O)N(C)N)cccc2C(F)(F)F)c(Cl)c1. The third-order valence-corrected chi connectivity index (χ3v) is 3.98. The number of nitrogens with zero attached hydrogens (tertiary/aromatic N) is 2. The predicted octanol–water partition coefficient (Wildman–Crippen LogP) is 3.85. The van der Waals surface area contributed by atoms with Gasteiger partial charge in [-0.05, 0) is 36.8 Å². The molecule has 0 unspecified atom stereocenters. The number of carbonyl (C=O) groups is 1. The van der Waals surface area contributed by atoms with Gasteiger partial charge in [-0.3, -0.25) is 5.01 Å². The van der Waals surface area contributed by atoms with E-state index in [-0.39, 0.29) is 22.0 Å². The standard InChI is InChI=1S/C17H18ClF3N4O2/c1-10-6-7-15(13(18)8-10)27-9-11-12(17(19,20)21)4-3-5-14(11)25(23)16(26)24(2)22/h3-8H,9,22-23H2,1-2H3. The summed E-state index contributed by atoms with van der Waals surface area (Å²) >= 11 is 6.06. The normalized spacial score (nSPS) is 11.3. The number of anilines is 1. The third-order valence-electron chi connectivity index (χ3n) is 3.68. The first kappa shape index (κ1) is 20.8. The van der Waals surface area contributed by atoms with Gasteiger partial charge in [-0.25, -0.2) is 21.5 Å². The van der Waals surface area contributed by atoms with Gasteiger partial charge in [0.25, 0.3) is 0 Å². The van der Waals surface area contributed by atoms with Crippen LogP contribution in [0.5, 0.6) is 5.75 Å². The maximum absolute atomic E-state index is 13.4. The maximum atomic E-state index is 13.4. The zero-order valence-electron chi connectivity index (χ0n) is 14.5. The molecule has 0 fully saturated rings. The third kappa shape index (κ3) is 4.82. The molecule has 2 aromatic rings. The average Bonchev–Trinajstić information content (AvgIpc) is 2.58. The summed E-state index contributed by atoms with van der Waals surface area (Å²) in [4.78, 5) is 12.0. The van der Waals surface area contributed by atoms with Crippen molar-refractivity contribution < 1.29 is 22.7 Å². The second-order valence-electron chi connectivity index (χ2n) is 5.79. The number of nitrogens with two attached hydrogens (primary N) is 2. The highest BCUT2D eigenvalue weighted by Gasteiger charge is 2.35. The van der Waals surface area contributed by atoms with E-state index in [0.717, 1.165) is 17.7 Å². The topological polar surface area (TPSA) is 84.8 Å². The lowest BCUT2D eigenvalue weighted by Gasteiger charge is -2.25. The van der Waals surface area contributed by atoms with Crippen LogP contribution in [0.15, 0.2) is 36.4 Å². The molecule has 27 heavy (non-hydrogen) atoms. The molecule has 0 heterocycles. The number of hydrazine groups is 2. The highest BCUT2D eigenvalue weighted by atomic mass is 35.5. The minimum Gasteiger partial charge on any atom is -0.487 e. The first-order chi connectivity index (χ1) is 12.5. The molecule has 0 aliphatic heterocycles. The van der Waals surface area contributed by atoms with Gasteiger partial charge in [0, 0.05) is 12.6 Å². The van der Waals surface area contributed by atoms with Crippen LogP contribution < -0.4 is 21.4 Å². The number of halogens is 4. The van der Waals surface area contributed by atoms with E-state index in [4.69, 9.17) is 28.0 Å². The van der Waals surface area contributed by atoms with Crippen molar-refractivity contribution in [3.8, 4) is 5.75 Å². The van der Waals surface area contributed by atoms with Gasteiger partial charge in [-0.15, -0.1) is 0 Å². The number of urea groups is 1. The summed E-state index contributed by atoms with van der Waals surface area (Å²) in [6.45, 7) is 1.30. The number of hydrogen-bond donors (Lipinski definition) is 2. The minimum absolute atomic E-state index is 0.185. The van der Waals surface area contributed by atoms with Crippen LogP contribution in [0.2, 0.25) is 5.02 Å². The van der Waals surface area contributed by atoms with E-state index in [1.807, 2.05) is 6.92 Å². The van der Waals surface area contributed by atoms with E-state index in [1.54, 1.807) is 18.2 Å². The van der Waals surface area contributed by atoms with E-state index in [0.29, 0.717) is 10.0 Å². The Hall–Kier alpha value is -2.49. The van der Waals surface area contributed by atoms with Crippen LogP contribution in [0.3, 0.4) is 0 Å². The monoisotopic (exact) mass is 402 g/mol. The van der Waals surface area contributed by atoms with Gasteiger partial charge in [-0.1, -0.05) is 23.7 Å². The number of benzene rings is 2. The Morgan fingerprint density at radius 2 is 1.89 bits per heavy atom. The number of carbonyl (C=O) groups excluding carboxylic acids is 1. The Bertz CT molecular complexity index is 843. The van der Waals surface area contributed by atoms with Crippen molar-refractivity contribution in [3.05, 3.63) is 58.1 Å². The van der Waals surface area contributed by atoms with E-state index in [2.05, 4.69) is 0 Å². The summed E-state index contributed by atoms with van der Waals surface area (Å²) in [6, 6.07) is 7.27. The fourth-order valence-corrected chi connectivity index (χ4v) is 2.65. The van der Waals surface area contributed by atoms with Crippen LogP contribution in [0.1, 0.15) is 16.7 Å². The fourth-order valence-electron chi connectivity index (χ4n) is 2.36. The second kappa shape index (κ2) is 8.03. The highest BCUT2D eigenvalue weighted by Crippen LogP contribution is 2.37. The van der Waals surface area contributed by atoms with Gasteiger partial charge in [0.05, 0.1) is 16.3 Å². The van der Waals surface area contributed by atoms with Crippen LogP contribution in [0.25, 0.3) is 0 Å². The van der Waals surface area contributed by atoms with Gasteiger partial charge in [-0.2, -0.15) is 13.2 Å². The lowest BCUT2D eigenvalue weighted by molar-refractivity contribution is -0.138. The van der Waals surface area contributed by atoms with Crippen molar-refractivity contribution in [2.24, 2.45) is 11.7 Å². The molecule has 2 rings (SSSR count). The molecule has 0 aliphatic carbocycles. The number of aryl methyl sites for hydroxylation is 1. The Morgan fingerprint density at radius 3 is 2.44 bits per heavy atom. The van der Waals surface area contributed by atoms with Crippen LogP contribution in [-0.4, -0.2) is 18.1 Å². The van der Waals surface area contributed by atoms with E-state index in [1.165, 1.54) is 13.1 Å². The van der Waals surface area contributed by atoms with Gasteiger partial charge in [0.2, 0.25) is 0 Å². The van der Waals surface area contributed by atoms with Gasteiger partial charge < -0.3 is 4.74 Å². The predicted molar refractivity (Wildman–Crippen MR) is 96.0 cm³/mol. The lowest BCUT2D eigenvalue weighted by Crippen LogP contribution is -2.49.